The van der Waals surface area contributed by atoms with E-state index in [4.69, 9.17) is 0 Å². The zero-order valence-electron chi connectivity index (χ0n) is 13.3. The van der Waals surface area contributed by atoms with Gasteiger partial charge in [0.2, 0.25) is 0 Å². The highest BCUT2D eigenvalue weighted by Gasteiger charge is 2.36. The topological polar surface area (TPSA) is 3.24 Å². The van der Waals surface area contributed by atoms with Gasteiger partial charge in [0.25, 0.3) is 0 Å². The van der Waals surface area contributed by atoms with Crippen molar-refractivity contribution in [2.45, 2.75) is 6.04 Å². The molecule has 114 valence electrons. The van der Waals surface area contributed by atoms with Crippen LogP contribution in [0.5, 0.6) is 0 Å². The molecular weight excluding hydrogens is 290 g/mol. The molecule has 1 unspecified atom stereocenters. The summed E-state index contributed by atoms with van der Waals surface area (Å²) in [6.45, 7) is 0. The quantitative estimate of drug-likeness (QED) is 0.551. The Hall–Kier alpha value is -3.06. The standard InChI is InChI=1S/C23H17N/c1-2-8-17(9-3-1)16-21-20-12-6-7-13-22(20)24-15-14-18-10-4-5-11-19(18)23(21)24/h1-16,23H. The van der Waals surface area contributed by atoms with E-state index in [-0.39, 0.29) is 6.04 Å². The van der Waals surface area contributed by atoms with Crippen molar-refractivity contribution in [1.82, 2.24) is 0 Å². The Morgan fingerprint density at radius 1 is 0.750 bits per heavy atom. The molecule has 3 aromatic rings. The zero-order valence-corrected chi connectivity index (χ0v) is 13.3. The first-order chi connectivity index (χ1) is 11.9. The maximum atomic E-state index is 2.40. The third-order valence-corrected chi connectivity index (χ3v) is 4.89. The average Bonchev–Trinajstić information content (AvgIpc) is 2.97. The highest BCUT2D eigenvalue weighted by Crippen LogP contribution is 2.51. The van der Waals surface area contributed by atoms with Gasteiger partial charge in [0.15, 0.2) is 0 Å². The van der Waals surface area contributed by atoms with Crippen molar-refractivity contribution in [1.29, 1.82) is 0 Å². The van der Waals surface area contributed by atoms with Gasteiger partial charge in [0.1, 0.15) is 0 Å². The molecule has 0 aliphatic carbocycles. The summed E-state index contributed by atoms with van der Waals surface area (Å²) < 4.78 is 0. The monoisotopic (exact) mass is 307 g/mol. The second-order valence-corrected chi connectivity index (χ2v) is 6.28. The third-order valence-electron chi connectivity index (χ3n) is 4.89. The molecule has 1 atom stereocenters. The third kappa shape index (κ3) is 1.95. The van der Waals surface area contributed by atoms with E-state index in [1.807, 2.05) is 0 Å². The molecule has 0 amide bonds. The highest BCUT2D eigenvalue weighted by atomic mass is 15.2. The molecule has 3 aromatic carbocycles. The normalized spacial score (nSPS) is 19.1. The van der Waals surface area contributed by atoms with Crippen LogP contribution >= 0.6 is 0 Å². The molecule has 1 heteroatoms. The van der Waals surface area contributed by atoms with Crippen molar-refractivity contribution in [2.75, 3.05) is 4.90 Å². The molecule has 0 saturated carbocycles. The maximum Gasteiger partial charge on any atom is 0.0851 e. The summed E-state index contributed by atoms with van der Waals surface area (Å²) in [7, 11) is 0. The van der Waals surface area contributed by atoms with Gasteiger partial charge in [-0.05, 0) is 40.5 Å². The number of benzene rings is 3. The average molecular weight is 307 g/mol. The van der Waals surface area contributed by atoms with Gasteiger partial charge in [-0.25, -0.2) is 0 Å². The van der Waals surface area contributed by atoms with Crippen molar-refractivity contribution in [2.24, 2.45) is 0 Å². The van der Waals surface area contributed by atoms with E-state index in [1.54, 1.807) is 0 Å². The van der Waals surface area contributed by atoms with Crippen molar-refractivity contribution in [3.63, 3.8) is 0 Å². The second-order valence-electron chi connectivity index (χ2n) is 6.28. The zero-order chi connectivity index (χ0) is 15.9. The summed E-state index contributed by atoms with van der Waals surface area (Å²) >= 11 is 0. The Balaban J connectivity index is 1.76. The molecule has 2 aliphatic rings. The Morgan fingerprint density at radius 3 is 2.42 bits per heavy atom. The van der Waals surface area contributed by atoms with E-state index in [0.717, 1.165) is 0 Å². The Morgan fingerprint density at radius 2 is 1.50 bits per heavy atom. The van der Waals surface area contributed by atoms with Crippen LogP contribution in [0, 0.1) is 0 Å². The predicted molar refractivity (Wildman–Crippen MR) is 101 cm³/mol. The van der Waals surface area contributed by atoms with Crippen molar-refractivity contribution >= 4 is 23.4 Å². The minimum Gasteiger partial charge on any atom is -0.336 e. The molecule has 0 N–H and O–H groups in total. The van der Waals surface area contributed by atoms with Crippen LogP contribution < -0.4 is 4.90 Å². The number of anilines is 1. The lowest BCUT2D eigenvalue weighted by Crippen LogP contribution is -2.21. The molecule has 5 rings (SSSR count). The summed E-state index contributed by atoms with van der Waals surface area (Å²) in [5, 5.41) is 0. The molecule has 2 aliphatic heterocycles. The van der Waals surface area contributed by atoms with E-state index in [2.05, 4.69) is 102 Å². The summed E-state index contributed by atoms with van der Waals surface area (Å²) in [4.78, 5) is 2.40. The van der Waals surface area contributed by atoms with Gasteiger partial charge in [-0.1, -0.05) is 72.8 Å². The number of fused-ring (bicyclic) bond motifs is 5. The molecular formula is C23H17N. The number of hydrogen-bond acceptors (Lipinski definition) is 1. The molecule has 2 heterocycles. The summed E-state index contributed by atoms with van der Waals surface area (Å²) in [6.07, 6.45) is 6.77. The van der Waals surface area contributed by atoms with Crippen LogP contribution in [0.25, 0.3) is 17.7 Å². The molecule has 0 spiro atoms. The van der Waals surface area contributed by atoms with Gasteiger partial charge in [0, 0.05) is 17.5 Å². The van der Waals surface area contributed by atoms with Gasteiger partial charge in [0.05, 0.1) is 6.04 Å². The minimum atomic E-state index is 0.254. The van der Waals surface area contributed by atoms with Gasteiger partial charge in [-0.15, -0.1) is 0 Å². The first kappa shape index (κ1) is 13.4. The predicted octanol–water partition coefficient (Wildman–Crippen LogP) is 5.77. The van der Waals surface area contributed by atoms with Crippen LogP contribution in [0.1, 0.15) is 28.3 Å². The SMILES string of the molecule is C1=CN2c3ccccc3C(=Cc3ccccc3)C2c2ccccc21. The van der Waals surface area contributed by atoms with Gasteiger partial charge >= 0.3 is 0 Å². The number of nitrogens with zero attached hydrogens (tertiary/aromatic N) is 1. The van der Waals surface area contributed by atoms with Crippen molar-refractivity contribution in [3.05, 3.63) is 107 Å². The lowest BCUT2D eigenvalue weighted by molar-refractivity contribution is 0.887. The Bertz CT molecular complexity index is 966. The van der Waals surface area contributed by atoms with Crippen LogP contribution in [0.4, 0.5) is 5.69 Å². The van der Waals surface area contributed by atoms with Crippen molar-refractivity contribution < 1.29 is 0 Å². The van der Waals surface area contributed by atoms with E-state index in [9.17, 15) is 0 Å². The molecule has 0 bridgehead atoms. The summed E-state index contributed by atoms with van der Waals surface area (Å²) in [6, 6.07) is 28.3. The first-order valence-corrected chi connectivity index (χ1v) is 8.33. The number of para-hydroxylation sites is 1. The Kier molecular flexibility index (Phi) is 2.92. The minimum absolute atomic E-state index is 0.254. The van der Waals surface area contributed by atoms with E-state index >= 15 is 0 Å². The van der Waals surface area contributed by atoms with Crippen LogP contribution in [0.3, 0.4) is 0 Å². The van der Waals surface area contributed by atoms with Crippen LogP contribution in [0.15, 0.2) is 85.1 Å². The second kappa shape index (κ2) is 5.24. The fourth-order valence-corrected chi connectivity index (χ4v) is 3.82. The fraction of sp³-hybridized carbons (Fsp3) is 0.0435. The molecule has 1 nitrogen and oxygen atoms in total. The lowest BCUT2D eigenvalue weighted by atomic mass is 9.90. The van der Waals surface area contributed by atoms with Crippen LogP contribution in [-0.2, 0) is 0 Å². The van der Waals surface area contributed by atoms with E-state index in [1.165, 1.54) is 33.5 Å². The molecule has 0 saturated heterocycles. The smallest absolute Gasteiger partial charge is 0.0851 e. The van der Waals surface area contributed by atoms with Crippen molar-refractivity contribution in [3.8, 4) is 0 Å². The molecule has 0 aromatic heterocycles. The van der Waals surface area contributed by atoms with Crippen LogP contribution in [-0.4, -0.2) is 0 Å². The number of hydrogen-bond donors (Lipinski definition) is 0. The molecule has 0 fully saturated rings. The van der Waals surface area contributed by atoms with Gasteiger partial charge in [-0.2, -0.15) is 0 Å². The number of rotatable bonds is 1. The summed E-state index contributed by atoms with van der Waals surface area (Å²) in [5.41, 5.74) is 7.91. The van der Waals surface area contributed by atoms with Gasteiger partial charge < -0.3 is 4.90 Å². The maximum absolute atomic E-state index is 2.40. The van der Waals surface area contributed by atoms with E-state index < -0.39 is 0 Å². The largest absolute Gasteiger partial charge is 0.336 e. The first-order valence-electron chi connectivity index (χ1n) is 8.33. The molecule has 24 heavy (non-hydrogen) atoms. The van der Waals surface area contributed by atoms with Gasteiger partial charge in [-0.3, -0.25) is 0 Å². The molecule has 0 radical (unpaired) electrons. The lowest BCUT2D eigenvalue weighted by Gasteiger charge is -2.29. The van der Waals surface area contributed by atoms with E-state index in [0.29, 0.717) is 0 Å². The fourth-order valence-electron chi connectivity index (χ4n) is 3.82. The summed E-state index contributed by atoms with van der Waals surface area (Å²) in [5.74, 6) is 0. The van der Waals surface area contributed by atoms with Crippen LogP contribution in [0.2, 0.25) is 0 Å². The highest BCUT2D eigenvalue weighted by molar-refractivity contribution is 5.98. The Labute approximate surface area is 142 Å².